The number of esters is 1. The predicted molar refractivity (Wildman–Crippen MR) is 82.7 cm³/mol. The molecule has 2 rings (SSSR count). The lowest BCUT2D eigenvalue weighted by Crippen LogP contribution is -2.08. The van der Waals surface area contributed by atoms with E-state index in [1.165, 1.54) is 14.2 Å². The van der Waals surface area contributed by atoms with Gasteiger partial charge < -0.3 is 14.2 Å². The van der Waals surface area contributed by atoms with E-state index in [0.717, 1.165) is 12.1 Å². The molecule has 122 valence electrons. The number of carbonyl (C=O) groups excluding carboxylic acids is 1. The number of hydrogen-bond acceptors (Lipinski definition) is 4. The topological polar surface area (TPSA) is 44.8 Å². The molecule has 0 saturated heterocycles. The molecule has 4 nitrogen and oxygen atoms in total. The molecule has 0 aliphatic rings. The van der Waals surface area contributed by atoms with E-state index in [1.807, 2.05) is 0 Å². The Morgan fingerprint density at radius 2 is 1.78 bits per heavy atom. The highest BCUT2D eigenvalue weighted by Crippen LogP contribution is 2.33. The molecule has 0 amide bonds. The summed E-state index contributed by atoms with van der Waals surface area (Å²) in [5.41, 5.74) is 0.206. The molecule has 0 aromatic heterocycles. The Morgan fingerprint density at radius 3 is 2.39 bits per heavy atom. The van der Waals surface area contributed by atoms with Crippen LogP contribution in [-0.2, 0) is 11.3 Å². The monoisotopic (exact) mass is 386 g/mol. The SMILES string of the molecule is COc1cc(COC(=O)c2ccc(F)cc2F)c(OC)cc1Br. The van der Waals surface area contributed by atoms with Gasteiger partial charge in [0.15, 0.2) is 0 Å². The number of halogens is 3. The zero-order valence-electron chi connectivity index (χ0n) is 12.4. The Bertz CT molecular complexity index is 734. The van der Waals surface area contributed by atoms with Gasteiger partial charge in [0.1, 0.15) is 29.7 Å². The standard InChI is InChI=1S/C16H13BrF2O4/c1-21-14-7-12(17)15(22-2)5-9(14)8-23-16(20)11-4-3-10(18)6-13(11)19/h3-7H,8H2,1-2H3. The fourth-order valence-electron chi connectivity index (χ4n) is 1.91. The molecule has 0 aliphatic heterocycles. The first-order valence-electron chi connectivity index (χ1n) is 6.48. The van der Waals surface area contributed by atoms with Crippen molar-refractivity contribution in [1.29, 1.82) is 0 Å². The van der Waals surface area contributed by atoms with E-state index < -0.39 is 17.6 Å². The van der Waals surface area contributed by atoms with Crippen LogP contribution in [0.2, 0.25) is 0 Å². The van der Waals surface area contributed by atoms with Gasteiger partial charge in [-0.15, -0.1) is 0 Å². The van der Waals surface area contributed by atoms with E-state index in [4.69, 9.17) is 14.2 Å². The second-order valence-corrected chi connectivity index (χ2v) is 5.35. The van der Waals surface area contributed by atoms with Crippen LogP contribution in [0.3, 0.4) is 0 Å². The molecule has 7 heteroatoms. The molecule has 0 N–H and O–H groups in total. The number of methoxy groups -OCH3 is 2. The van der Waals surface area contributed by atoms with Crippen LogP contribution in [0.25, 0.3) is 0 Å². The molecule has 2 aromatic rings. The summed E-state index contributed by atoms with van der Waals surface area (Å²) in [4.78, 5) is 11.9. The first-order valence-corrected chi connectivity index (χ1v) is 7.28. The van der Waals surface area contributed by atoms with Crippen LogP contribution >= 0.6 is 15.9 Å². The summed E-state index contributed by atoms with van der Waals surface area (Å²) in [5, 5.41) is 0. The fraction of sp³-hybridized carbons (Fsp3) is 0.188. The molecular weight excluding hydrogens is 374 g/mol. The predicted octanol–water partition coefficient (Wildman–Crippen LogP) is 4.10. The zero-order chi connectivity index (χ0) is 17.0. The van der Waals surface area contributed by atoms with Gasteiger partial charge in [0.25, 0.3) is 0 Å². The van der Waals surface area contributed by atoms with Crippen LogP contribution in [0.1, 0.15) is 15.9 Å². The van der Waals surface area contributed by atoms with Gasteiger partial charge in [0, 0.05) is 11.6 Å². The van der Waals surface area contributed by atoms with Crippen molar-refractivity contribution in [2.24, 2.45) is 0 Å². The Morgan fingerprint density at radius 1 is 1.09 bits per heavy atom. The quantitative estimate of drug-likeness (QED) is 0.725. The minimum Gasteiger partial charge on any atom is -0.496 e. The van der Waals surface area contributed by atoms with E-state index in [0.29, 0.717) is 27.6 Å². The third-order valence-electron chi connectivity index (χ3n) is 3.06. The first-order chi connectivity index (χ1) is 11.0. The molecule has 23 heavy (non-hydrogen) atoms. The highest BCUT2D eigenvalue weighted by Gasteiger charge is 2.16. The lowest BCUT2D eigenvalue weighted by atomic mass is 10.2. The van der Waals surface area contributed by atoms with E-state index in [1.54, 1.807) is 12.1 Å². The minimum atomic E-state index is -0.977. The molecule has 0 fully saturated rings. The Kier molecular flexibility index (Phi) is 5.54. The third kappa shape index (κ3) is 3.98. The van der Waals surface area contributed by atoms with Crippen LogP contribution in [0, 0.1) is 11.6 Å². The largest absolute Gasteiger partial charge is 0.496 e. The molecule has 2 aromatic carbocycles. The van der Waals surface area contributed by atoms with Gasteiger partial charge in [0.2, 0.25) is 0 Å². The molecule has 0 heterocycles. The Balaban J connectivity index is 2.18. The van der Waals surface area contributed by atoms with Crippen molar-refractivity contribution in [2.45, 2.75) is 6.61 Å². The van der Waals surface area contributed by atoms with E-state index >= 15 is 0 Å². The average Bonchev–Trinajstić information content (AvgIpc) is 2.52. The van der Waals surface area contributed by atoms with Gasteiger partial charge in [-0.25, -0.2) is 13.6 Å². The molecular formula is C16H13BrF2O4. The zero-order valence-corrected chi connectivity index (χ0v) is 13.9. The molecule has 0 aliphatic carbocycles. The maximum Gasteiger partial charge on any atom is 0.341 e. The third-order valence-corrected chi connectivity index (χ3v) is 3.68. The van der Waals surface area contributed by atoms with Crippen LogP contribution in [0.15, 0.2) is 34.8 Å². The Labute approximate surface area is 140 Å². The van der Waals surface area contributed by atoms with Crippen molar-refractivity contribution in [3.8, 4) is 11.5 Å². The van der Waals surface area contributed by atoms with E-state index in [2.05, 4.69) is 15.9 Å². The summed E-state index contributed by atoms with van der Waals surface area (Å²) in [6, 6.07) is 5.95. The summed E-state index contributed by atoms with van der Waals surface area (Å²) in [7, 11) is 2.97. The number of rotatable bonds is 5. The highest BCUT2D eigenvalue weighted by molar-refractivity contribution is 9.10. The first kappa shape index (κ1) is 17.2. The molecule has 0 spiro atoms. The average molecular weight is 387 g/mol. The van der Waals surface area contributed by atoms with Crippen LogP contribution < -0.4 is 9.47 Å². The molecule has 0 unspecified atom stereocenters. The molecule has 0 saturated carbocycles. The van der Waals surface area contributed by atoms with Crippen LogP contribution in [0.5, 0.6) is 11.5 Å². The fourth-order valence-corrected chi connectivity index (χ4v) is 2.40. The summed E-state index contributed by atoms with van der Waals surface area (Å²) in [5.74, 6) is -1.63. The second kappa shape index (κ2) is 7.41. The lowest BCUT2D eigenvalue weighted by molar-refractivity contribution is 0.0464. The van der Waals surface area contributed by atoms with Gasteiger partial charge in [-0.2, -0.15) is 0 Å². The van der Waals surface area contributed by atoms with Gasteiger partial charge in [-0.05, 0) is 40.2 Å². The van der Waals surface area contributed by atoms with Crippen molar-refractivity contribution in [1.82, 2.24) is 0 Å². The summed E-state index contributed by atoms with van der Waals surface area (Å²) >= 11 is 3.32. The lowest BCUT2D eigenvalue weighted by Gasteiger charge is -2.13. The van der Waals surface area contributed by atoms with Crippen molar-refractivity contribution in [2.75, 3.05) is 14.2 Å². The van der Waals surface area contributed by atoms with Gasteiger partial charge >= 0.3 is 5.97 Å². The smallest absolute Gasteiger partial charge is 0.341 e. The molecule has 0 atom stereocenters. The maximum atomic E-state index is 13.6. The van der Waals surface area contributed by atoms with Gasteiger partial charge in [-0.3, -0.25) is 0 Å². The second-order valence-electron chi connectivity index (χ2n) is 4.50. The van der Waals surface area contributed by atoms with Crippen LogP contribution in [0.4, 0.5) is 8.78 Å². The number of carbonyl (C=O) groups is 1. The Hall–Kier alpha value is -2.15. The number of ether oxygens (including phenoxy) is 3. The molecule has 0 radical (unpaired) electrons. The maximum absolute atomic E-state index is 13.6. The van der Waals surface area contributed by atoms with Gasteiger partial charge in [0.05, 0.1) is 24.3 Å². The molecule has 0 bridgehead atoms. The normalized spacial score (nSPS) is 10.3. The van der Waals surface area contributed by atoms with E-state index in [-0.39, 0.29) is 12.2 Å². The highest BCUT2D eigenvalue weighted by atomic mass is 79.9. The summed E-state index contributed by atoms with van der Waals surface area (Å²) in [6.07, 6.45) is 0. The summed E-state index contributed by atoms with van der Waals surface area (Å²) < 4.78 is 42.5. The van der Waals surface area contributed by atoms with Gasteiger partial charge in [-0.1, -0.05) is 0 Å². The number of hydrogen-bond donors (Lipinski definition) is 0. The van der Waals surface area contributed by atoms with Crippen molar-refractivity contribution in [3.05, 3.63) is 57.6 Å². The van der Waals surface area contributed by atoms with Crippen molar-refractivity contribution in [3.63, 3.8) is 0 Å². The van der Waals surface area contributed by atoms with Crippen LogP contribution in [-0.4, -0.2) is 20.2 Å². The number of benzene rings is 2. The van der Waals surface area contributed by atoms with E-state index in [9.17, 15) is 13.6 Å². The van der Waals surface area contributed by atoms with Crippen molar-refractivity contribution >= 4 is 21.9 Å². The minimum absolute atomic E-state index is 0.150. The summed E-state index contributed by atoms with van der Waals surface area (Å²) in [6.45, 7) is -0.150. The van der Waals surface area contributed by atoms with Crippen molar-refractivity contribution < 1.29 is 27.8 Å².